The lowest BCUT2D eigenvalue weighted by Gasteiger charge is -2.31. The Hall–Kier alpha value is -4.19. The van der Waals surface area contributed by atoms with Crippen LogP contribution >= 0.6 is 0 Å². The van der Waals surface area contributed by atoms with Crippen LogP contribution < -0.4 is 9.80 Å². The van der Waals surface area contributed by atoms with E-state index in [9.17, 15) is 27.7 Å². The molecule has 2 aromatic carbocycles. The normalized spacial score (nSPS) is 24.3. The maximum Gasteiger partial charge on any atom is 0.332 e. The van der Waals surface area contributed by atoms with E-state index in [0.717, 1.165) is 45.4 Å². The van der Waals surface area contributed by atoms with Gasteiger partial charge in [-0.05, 0) is 75.1 Å². The predicted octanol–water partition coefficient (Wildman–Crippen LogP) is 6.21. The third-order valence-corrected chi connectivity index (χ3v) is 10.7. The summed E-state index contributed by atoms with van der Waals surface area (Å²) in [5, 5.41) is 10.7. The van der Waals surface area contributed by atoms with E-state index < -0.39 is 39.1 Å². The first kappa shape index (κ1) is 35.1. The summed E-state index contributed by atoms with van der Waals surface area (Å²) < 4.78 is 33.3. The maximum absolute atomic E-state index is 12.6. The van der Waals surface area contributed by atoms with E-state index >= 15 is 0 Å². The molecule has 0 aromatic heterocycles. The number of amides is 1. The summed E-state index contributed by atoms with van der Waals surface area (Å²) in [5.74, 6) is -0.954. The van der Waals surface area contributed by atoms with Gasteiger partial charge in [0.15, 0.2) is 6.23 Å². The molecule has 48 heavy (non-hydrogen) atoms. The lowest BCUT2D eigenvalue weighted by Crippen LogP contribution is -2.39. The van der Waals surface area contributed by atoms with Crippen LogP contribution in [-0.4, -0.2) is 53.8 Å². The molecule has 10 nitrogen and oxygen atoms in total. The molecule has 3 atom stereocenters. The summed E-state index contributed by atoms with van der Waals surface area (Å²) in [6.45, 7) is 15.2. The van der Waals surface area contributed by atoms with Crippen LogP contribution in [-0.2, 0) is 35.4 Å². The molecule has 2 N–H and O–H groups in total. The summed E-state index contributed by atoms with van der Waals surface area (Å²) in [5.41, 5.74) is 5.21. The highest BCUT2D eigenvalue weighted by atomic mass is 32.2. The molecule has 0 bridgehead atoms. The largest absolute Gasteiger partial charge is 0.370 e. The van der Waals surface area contributed by atoms with Crippen LogP contribution in [0.15, 0.2) is 90.1 Å². The van der Waals surface area contributed by atoms with E-state index in [4.69, 9.17) is 4.84 Å². The van der Waals surface area contributed by atoms with Gasteiger partial charge in [0.05, 0.1) is 10.9 Å². The number of rotatable bonds is 11. The first-order chi connectivity index (χ1) is 22.6. The molecule has 3 aliphatic heterocycles. The number of hydroxylamine groups is 2. The molecule has 3 heterocycles. The van der Waals surface area contributed by atoms with Gasteiger partial charge in [-0.25, -0.2) is 4.79 Å². The Labute approximate surface area is 283 Å². The van der Waals surface area contributed by atoms with Gasteiger partial charge in [-0.1, -0.05) is 62.4 Å². The van der Waals surface area contributed by atoms with E-state index in [0.29, 0.717) is 12.8 Å². The van der Waals surface area contributed by atoms with E-state index in [-0.39, 0.29) is 30.2 Å². The van der Waals surface area contributed by atoms with Crippen LogP contribution in [0.3, 0.4) is 0 Å². The maximum atomic E-state index is 12.6. The molecule has 11 heteroatoms. The summed E-state index contributed by atoms with van der Waals surface area (Å²) in [4.78, 5) is 33.9. The highest BCUT2D eigenvalue weighted by Crippen LogP contribution is 2.51. The third kappa shape index (κ3) is 6.46. The summed E-state index contributed by atoms with van der Waals surface area (Å²) in [7, 11) is -4.32. The van der Waals surface area contributed by atoms with Gasteiger partial charge in [-0.2, -0.15) is 8.42 Å². The lowest BCUT2D eigenvalue weighted by atomic mass is 9.76. The number of anilines is 2. The number of carbonyl (C=O) groups excluding carboxylic acids is 2. The van der Waals surface area contributed by atoms with Crippen LogP contribution in [0.5, 0.6) is 0 Å². The van der Waals surface area contributed by atoms with Gasteiger partial charge >= 0.3 is 5.97 Å². The Morgan fingerprint density at radius 3 is 2.46 bits per heavy atom. The smallest absolute Gasteiger partial charge is 0.332 e. The van der Waals surface area contributed by atoms with Gasteiger partial charge in [0, 0.05) is 59.9 Å². The Bertz CT molecular complexity index is 1810. The predicted molar refractivity (Wildman–Crippen MR) is 186 cm³/mol. The monoisotopic (exact) mass is 675 g/mol. The fourth-order valence-electron chi connectivity index (χ4n) is 7.29. The van der Waals surface area contributed by atoms with Crippen molar-refractivity contribution in [1.29, 1.82) is 0 Å². The van der Waals surface area contributed by atoms with Crippen LogP contribution in [0.4, 0.5) is 11.4 Å². The molecule has 256 valence electrons. The average Bonchev–Trinajstić information content (AvgIpc) is 3.55. The number of aryl methyl sites for hydroxylation is 1. The van der Waals surface area contributed by atoms with Gasteiger partial charge in [-0.15, -0.1) is 5.06 Å². The van der Waals surface area contributed by atoms with Crippen molar-refractivity contribution in [2.75, 3.05) is 16.3 Å². The molecule has 1 amide bonds. The van der Waals surface area contributed by atoms with Crippen LogP contribution in [0, 0.1) is 6.92 Å². The van der Waals surface area contributed by atoms with E-state index in [1.807, 2.05) is 25.2 Å². The number of fused-ring (bicyclic) bond motifs is 2. The minimum absolute atomic E-state index is 0.0446. The Morgan fingerprint density at radius 1 is 1.08 bits per heavy atom. The number of carbonyl (C=O) groups is 2. The number of nitrogens with zero attached hydrogens (tertiary/aromatic N) is 3. The topological polar surface area (TPSA) is 128 Å². The zero-order chi connectivity index (χ0) is 35.0. The van der Waals surface area contributed by atoms with Crippen molar-refractivity contribution in [2.45, 2.75) is 94.7 Å². The standard InChI is InChI=1S/C37H45N3O7S/c1-7-38-29-19-17-26(48(44,45)46)24-27(29)36(4,5)31(38)13-10-9-11-14-32-37(6,28-23-25(3)16-18-30(28)39(32)8-2)22-12-15-35(43)47-40-33(41)20-21-34(40)42/h8-11,13-14,16-19,23-24,31,33,41H,2,7,12,15,20-22H2,1,3-6H3,(H,44,45,46)/b11-9+,13-10+,32-14+. The van der Waals surface area contributed by atoms with Gasteiger partial charge in [0.1, 0.15) is 0 Å². The second-order valence-corrected chi connectivity index (χ2v) is 14.8. The summed E-state index contributed by atoms with van der Waals surface area (Å²) in [6, 6.07) is 11.0. The second kappa shape index (κ2) is 13.4. The van der Waals surface area contributed by atoms with Gasteiger partial charge < -0.3 is 19.7 Å². The third-order valence-electron chi connectivity index (χ3n) is 9.86. The van der Waals surface area contributed by atoms with Gasteiger partial charge in [-0.3, -0.25) is 9.35 Å². The number of hydrogen-bond acceptors (Lipinski definition) is 8. The molecule has 0 saturated carbocycles. The Kier molecular flexibility index (Phi) is 9.79. The molecule has 0 spiro atoms. The van der Waals surface area contributed by atoms with Gasteiger partial charge in [0.25, 0.3) is 16.0 Å². The molecular weight excluding hydrogens is 630 g/mol. The fraction of sp³-hybridized carbons (Fsp3) is 0.405. The van der Waals surface area contributed by atoms with Crippen molar-refractivity contribution in [2.24, 2.45) is 0 Å². The van der Waals surface area contributed by atoms with Crippen molar-refractivity contribution in [3.63, 3.8) is 0 Å². The summed E-state index contributed by atoms with van der Waals surface area (Å²) in [6.07, 6.45) is 12.4. The highest BCUT2D eigenvalue weighted by molar-refractivity contribution is 7.85. The van der Waals surface area contributed by atoms with Crippen molar-refractivity contribution in [3.8, 4) is 0 Å². The van der Waals surface area contributed by atoms with Crippen molar-refractivity contribution in [3.05, 3.63) is 102 Å². The molecule has 5 rings (SSSR count). The average molecular weight is 676 g/mol. The molecule has 3 unspecified atom stereocenters. The van der Waals surface area contributed by atoms with E-state index in [1.165, 1.54) is 6.07 Å². The quantitative estimate of drug-likeness (QED) is 0.211. The van der Waals surface area contributed by atoms with E-state index in [1.54, 1.807) is 18.3 Å². The zero-order valence-corrected chi connectivity index (χ0v) is 29.0. The highest BCUT2D eigenvalue weighted by Gasteiger charge is 2.44. The fourth-order valence-corrected chi connectivity index (χ4v) is 7.80. The SMILES string of the molecule is C=CN1/C(=C/C=C/C=C/C2N(CC)c3ccc(S(=O)(=O)O)cc3C2(C)C)C(C)(CCCC(=O)ON2C(=O)CCC2O)c2cc(C)ccc21. The molecule has 0 radical (unpaired) electrons. The molecule has 1 fully saturated rings. The van der Waals surface area contributed by atoms with Crippen LogP contribution in [0.1, 0.15) is 76.5 Å². The number of aliphatic hydroxyl groups excluding tert-OH is 1. The van der Waals surface area contributed by atoms with E-state index in [2.05, 4.69) is 74.4 Å². The zero-order valence-electron chi connectivity index (χ0n) is 28.2. The van der Waals surface area contributed by atoms with Crippen molar-refractivity contribution in [1.82, 2.24) is 5.06 Å². The first-order valence-electron chi connectivity index (χ1n) is 16.3. The number of aliphatic hydroxyl groups is 1. The second-order valence-electron chi connectivity index (χ2n) is 13.4. The number of hydrogen-bond donors (Lipinski definition) is 2. The Morgan fingerprint density at radius 2 is 1.81 bits per heavy atom. The molecule has 1 saturated heterocycles. The molecular formula is C37H45N3O7S. The Balaban J connectivity index is 1.36. The molecule has 3 aliphatic rings. The summed E-state index contributed by atoms with van der Waals surface area (Å²) >= 11 is 0. The van der Waals surface area contributed by atoms with Crippen LogP contribution in [0.25, 0.3) is 0 Å². The van der Waals surface area contributed by atoms with Gasteiger partial charge in [0.2, 0.25) is 0 Å². The van der Waals surface area contributed by atoms with Crippen molar-refractivity contribution < 1.29 is 32.5 Å². The lowest BCUT2D eigenvalue weighted by molar-refractivity contribution is -0.220. The minimum Gasteiger partial charge on any atom is -0.370 e. The number of likely N-dealkylation sites (N-methyl/N-ethyl adjacent to an activating group) is 1. The number of benzene rings is 2. The molecule has 2 aromatic rings. The minimum atomic E-state index is -4.32. The molecule has 0 aliphatic carbocycles. The number of allylic oxidation sites excluding steroid dienone is 5. The van der Waals surface area contributed by atoms with Crippen LogP contribution in [0.2, 0.25) is 0 Å². The first-order valence-corrected chi connectivity index (χ1v) is 17.8. The van der Waals surface area contributed by atoms with Crippen molar-refractivity contribution >= 4 is 33.4 Å².